The minimum atomic E-state index is -4.44. The highest BCUT2D eigenvalue weighted by molar-refractivity contribution is 5.84. The van der Waals surface area contributed by atoms with E-state index in [0.29, 0.717) is 0 Å². The average molecular weight is 285 g/mol. The van der Waals surface area contributed by atoms with Gasteiger partial charge in [0.15, 0.2) is 0 Å². The summed E-state index contributed by atoms with van der Waals surface area (Å²) in [6, 6.07) is -1.11. The lowest BCUT2D eigenvalue weighted by Crippen LogP contribution is -2.49. The first-order chi connectivity index (χ1) is 8.43. The number of hydrogen-bond acceptors (Lipinski definition) is 3. The van der Waals surface area contributed by atoms with Crippen LogP contribution < -0.4 is 5.32 Å². The van der Waals surface area contributed by atoms with Crippen LogP contribution in [0.1, 0.15) is 27.2 Å². The van der Waals surface area contributed by atoms with Crippen molar-refractivity contribution in [3.8, 4) is 0 Å². The van der Waals surface area contributed by atoms with E-state index in [4.69, 9.17) is 5.11 Å². The van der Waals surface area contributed by atoms with Crippen LogP contribution in [-0.4, -0.2) is 42.4 Å². The zero-order valence-corrected chi connectivity index (χ0v) is 11.0. The number of alkyl halides is 3. The van der Waals surface area contributed by atoms with Crippen molar-refractivity contribution in [2.75, 3.05) is 13.2 Å². The van der Waals surface area contributed by atoms with E-state index in [1.54, 1.807) is 20.8 Å². The molecular weight excluding hydrogens is 267 g/mol. The maximum Gasteiger partial charge on any atom is 0.411 e. The molecular formula is C11H18F3NO4. The van der Waals surface area contributed by atoms with Gasteiger partial charge in [-0.05, 0) is 5.41 Å². The molecule has 1 atom stereocenters. The number of carbonyl (C=O) groups is 2. The Labute approximate surface area is 109 Å². The Morgan fingerprint density at radius 1 is 1.26 bits per heavy atom. The number of carboxylic acid groups (broad SMARTS) is 1. The molecule has 0 heterocycles. The monoisotopic (exact) mass is 285 g/mol. The summed E-state index contributed by atoms with van der Waals surface area (Å²) in [7, 11) is 0. The van der Waals surface area contributed by atoms with Gasteiger partial charge in [0.25, 0.3) is 0 Å². The fraction of sp³-hybridized carbons (Fsp3) is 0.818. The van der Waals surface area contributed by atoms with Crippen molar-refractivity contribution in [2.24, 2.45) is 5.41 Å². The molecule has 0 saturated carbocycles. The van der Waals surface area contributed by atoms with Crippen LogP contribution in [0.15, 0.2) is 0 Å². The largest absolute Gasteiger partial charge is 0.480 e. The van der Waals surface area contributed by atoms with Gasteiger partial charge in [-0.3, -0.25) is 4.79 Å². The summed E-state index contributed by atoms with van der Waals surface area (Å²) in [5, 5.41) is 11.2. The molecule has 0 bridgehead atoms. The predicted octanol–water partition coefficient (Wildman–Crippen LogP) is 1.57. The lowest BCUT2D eigenvalue weighted by atomic mass is 9.86. The van der Waals surface area contributed by atoms with Gasteiger partial charge in [0.1, 0.15) is 12.6 Å². The summed E-state index contributed by atoms with van der Waals surface area (Å²) in [5.41, 5.74) is -0.700. The van der Waals surface area contributed by atoms with Gasteiger partial charge in [0.05, 0.1) is 6.61 Å². The number of hydrogen-bond donors (Lipinski definition) is 2. The SMILES string of the molecule is CC(C)(C)C(NC(=O)CCOCC(F)(F)F)C(=O)O. The number of rotatable bonds is 6. The Bertz CT molecular complexity index is 323. The molecule has 1 unspecified atom stereocenters. The summed E-state index contributed by atoms with van der Waals surface area (Å²) in [6.07, 6.45) is -4.76. The number of halogens is 3. The number of carbonyl (C=O) groups excluding carboxylic acids is 1. The van der Waals surface area contributed by atoms with E-state index in [2.05, 4.69) is 10.1 Å². The Morgan fingerprint density at radius 3 is 2.16 bits per heavy atom. The zero-order valence-electron chi connectivity index (χ0n) is 11.0. The molecule has 0 saturated heterocycles. The summed E-state index contributed by atoms with van der Waals surface area (Å²) in [6.45, 7) is 3.05. The molecule has 0 spiro atoms. The van der Waals surface area contributed by atoms with Crippen molar-refractivity contribution >= 4 is 11.9 Å². The number of nitrogens with one attached hydrogen (secondary N) is 1. The first-order valence-corrected chi connectivity index (χ1v) is 5.60. The highest BCUT2D eigenvalue weighted by atomic mass is 19.4. The fourth-order valence-electron chi connectivity index (χ4n) is 1.23. The number of amides is 1. The highest BCUT2D eigenvalue weighted by Gasteiger charge is 2.32. The maximum absolute atomic E-state index is 11.7. The van der Waals surface area contributed by atoms with E-state index in [9.17, 15) is 22.8 Å². The normalized spacial score (nSPS) is 14.0. The Morgan fingerprint density at radius 2 is 1.79 bits per heavy atom. The first kappa shape index (κ1) is 17.7. The van der Waals surface area contributed by atoms with E-state index in [1.807, 2.05) is 0 Å². The van der Waals surface area contributed by atoms with Crippen LogP contribution in [0.3, 0.4) is 0 Å². The topological polar surface area (TPSA) is 75.6 Å². The van der Waals surface area contributed by atoms with Gasteiger partial charge < -0.3 is 15.2 Å². The van der Waals surface area contributed by atoms with Gasteiger partial charge in [0, 0.05) is 6.42 Å². The molecule has 0 aromatic rings. The third-order valence-electron chi connectivity index (χ3n) is 2.16. The maximum atomic E-state index is 11.7. The van der Waals surface area contributed by atoms with Crippen molar-refractivity contribution in [3.05, 3.63) is 0 Å². The molecule has 0 aliphatic heterocycles. The Hall–Kier alpha value is -1.31. The van der Waals surface area contributed by atoms with E-state index < -0.39 is 42.7 Å². The van der Waals surface area contributed by atoms with Gasteiger partial charge in [0.2, 0.25) is 5.91 Å². The molecule has 0 aromatic heterocycles. The van der Waals surface area contributed by atoms with Crippen molar-refractivity contribution in [3.63, 3.8) is 0 Å². The lowest BCUT2D eigenvalue weighted by molar-refractivity contribution is -0.174. The molecule has 19 heavy (non-hydrogen) atoms. The smallest absolute Gasteiger partial charge is 0.411 e. The van der Waals surface area contributed by atoms with Crippen LogP contribution in [-0.2, 0) is 14.3 Å². The lowest BCUT2D eigenvalue weighted by Gasteiger charge is -2.27. The van der Waals surface area contributed by atoms with E-state index in [0.717, 1.165) is 0 Å². The van der Waals surface area contributed by atoms with Crippen LogP contribution in [0.4, 0.5) is 13.2 Å². The standard InChI is InChI=1S/C11H18F3NO4/c1-10(2,3)8(9(17)18)15-7(16)4-5-19-6-11(12,13)14/h8H,4-6H2,1-3H3,(H,15,16)(H,17,18). The molecule has 0 radical (unpaired) electrons. The molecule has 0 aromatic carbocycles. The quantitative estimate of drug-likeness (QED) is 0.726. The summed E-state index contributed by atoms with van der Waals surface area (Å²) in [4.78, 5) is 22.3. The van der Waals surface area contributed by atoms with Crippen molar-refractivity contribution in [1.29, 1.82) is 0 Å². The van der Waals surface area contributed by atoms with E-state index >= 15 is 0 Å². The Kier molecular flexibility index (Phi) is 6.28. The molecule has 0 rings (SSSR count). The summed E-state index contributed by atoms with van der Waals surface area (Å²) < 4.78 is 39.5. The van der Waals surface area contributed by atoms with Crippen LogP contribution in [0.5, 0.6) is 0 Å². The number of carboxylic acids is 1. The van der Waals surface area contributed by atoms with E-state index in [-0.39, 0.29) is 6.42 Å². The second-order valence-electron chi connectivity index (χ2n) is 5.12. The third-order valence-corrected chi connectivity index (χ3v) is 2.16. The number of ether oxygens (including phenoxy) is 1. The number of aliphatic carboxylic acids is 1. The fourth-order valence-corrected chi connectivity index (χ4v) is 1.23. The van der Waals surface area contributed by atoms with Crippen LogP contribution in [0, 0.1) is 5.41 Å². The predicted molar refractivity (Wildman–Crippen MR) is 60.5 cm³/mol. The molecule has 1 amide bonds. The molecule has 0 fully saturated rings. The summed E-state index contributed by atoms with van der Waals surface area (Å²) in [5.74, 6) is -1.86. The molecule has 8 heteroatoms. The van der Waals surface area contributed by atoms with Crippen molar-refractivity contribution in [1.82, 2.24) is 5.32 Å². The van der Waals surface area contributed by atoms with Crippen molar-refractivity contribution in [2.45, 2.75) is 39.4 Å². The first-order valence-electron chi connectivity index (χ1n) is 5.60. The van der Waals surface area contributed by atoms with Gasteiger partial charge in [-0.1, -0.05) is 20.8 Å². The van der Waals surface area contributed by atoms with Gasteiger partial charge in [-0.25, -0.2) is 4.79 Å². The zero-order chi connectivity index (χ0) is 15.3. The van der Waals surface area contributed by atoms with Gasteiger partial charge >= 0.3 is 12.1 Å². The second-order valence-corrected chi connectivity index (χ2v) is 5.12. The van der Waals surface area contributed by atoms with Gasteiger partial charge in [-0.15, -0.1) is 0 Å². The Balaban J connectivity index is 4.13. The third kappa shape index (κ3) is 8.41. The molecule has 0 aliphatic rings. The molecule has 5 nitrogen and oxygen atoms in total. The van der Waals surface area contributed by atoms with Crippen LogP contribution in [0.2, 0.25) is 0 Å². The van der Waals surface area contributed by atoms with Crippen molar-refractivity contribution < 1.29 is 32.6 Å². The van der Waals surface area contributed by atoms with Gasteiger partial charge in [-0.2, -0.15) is 13.2 Å². The molecule has 0 aliphatic carbocycles. The molecule has 2 N–H and O–H groups in total. The van der Waals surface area contributed by atoms with E-state index in [1.165, 1.54) is 0 Å². The van der Waals surface area contributed by atoms with Crippen LogP contribution >= 0.6 is 0 Å². The average Bonchev–Trinajstić information content (AvgIpc) is 2.17. The summed E-state index contributed by atoms with van der Waals surface area (Å²) >= 11 is 0. The second kappa shape index (κ2) is 6.74. The van der Waals surface area contributed by atoms with Crippen LogP contribution in [0.25, 0.3) is 0 Å². The minimum Gasteiger partial charge on any atom is -0.480 e. The molecule has 112 valence electrons. The minimum absolute atomic E-state index is 0.323. The highest BCUT2D eigenvalue weighted by Crippen LogP contribution is 2.19.